The third-order valence-electron chi connectivity index (χ3n) is 3.78. The molecule has 1 unspecified atom stereocenters. The normalized spacial score (nSPS) is 14.4. The summed E-state index contributed by atoms with van der Waals surface area (Å²) in [6.45, 7) is 8.45. The first kappa shape index (κ1) is 19.9. The molecule has 0 spiro atoms. The zero-order chi connectivity index (χ0) is 15.1. The molecule has 0 aromatic rings. The molecule has 0 aliphatic rings. The predicted octanol–water partition coefficient (Wildman–Crippen LogP) is 4.32. The maximum absolute atomic E-state index is 8.67. The minimum Gasteiger partial charge on any atom is -0.394 e. The van der Waals surface area contributed by atoms with Crippen LogP contribution in [0.15, 0.2) is 0 Å². The van der Waals surface area contributed by atoms with Crippen molar-refractivity contribution < 1.29 is 14.6 Å². The summed E-state index contributed by atoms with van der Waals surface area (Å²) in [6, 6.07) is 0. The highest BCUT2D eigenvalue weighted by atomic mass is 16.5. The van der Waals surface area contributed by atoms with Crippen molar-refractivity contribution in [1.29, 1.82) is 0 Å². The molecule has 122 valence electrons. The molecule has 0 amide bonds. The van der Waals surface area contributed by atoms with Crippen LogP contribution in [0.3, 0.4) is 0 Å². The van der Waals surface area contributed by atoms with Gasteiger partial charge in [0.25, 0.3) is 0 Å². The number of rotatable bonds is 15. The molecule has 3 nitrogen and oxygen atoms in total. The monoisotopic (exact) mass is 288 g/mol. The summed E-state index contributed by atoms with van der Waals surface area (Å²) in [5, 5.41) is 8.67. The van der Waals surface area contributed by atoms with Crippen LogP contribution < -0.4 is 0 Å². The van der Waals surface area contributed by atoms with E-state index in [1.807, 2.05) is 0 Å². The maximum atomic E-state index is 8.67. The number of aliphatic hydroxyl groups excluding tert-OH is 1. The van der Waals surface area contributed by atoms with E-state index < -0.39 is 0 Å². The Labute approximate surface area is 126 Å². The van der Waals surface area contributed by atoms with E-state index in [4.69, 9.17) is 14.6 Å². The quantitative estimate of drug-likeness (QED) is 0.456. The first-order valence-corrected chi connectivity index (χ1v) is 8.51. The molecule has 0 aromatic carbocycles. The fourth-order valence-electron chi connectivity index (χ4n) is 2.46. The first-order chi connectivity index (χ1) is 9.68. The average molecular weight is 288 g/mol. The van der Waals surface area contributed by atoms with Gasteiger partial charge in [-0.1, -0.05) is 58.8 Å². The molecule has 1 N–H and O–H groups in total. The zero-order valence-electron chi connectivity index (χ0n) is 14.0. The molecule has 0 saturated heterocycles. The van der Waals surface area contributed by atoms with Gasteiger partial charge in [0.15, 0.2) is 0 Å². The van der Waals surface area contributed by atoms with Crippen molar-refractivity contribution in [3.8, 4) is 0 Å². The molecule has 0 saturated carbocycles. The molecule has 1 atom stereocenters. The SMILES string of the molecule is CCCCCCC(C)(CCCCC)OCCOCCO. The van der Waals surface area contributed by atoms with Gasteiger partial charge in [0, 0.05) is 0 Å². The van der Waals surface area contributed by atoms with Gasteiger partial charge in [-0.05, 0) is 19.8 Å². The lowest BCUT2D eigenvalue weighted by Crippen LogP contribution is -2.30. The Morgan fingerprint density at radius 1 is 0.800 bits per heavy atom. The number of aliphatic hydroxyl groups is 1. The smallest absolute Gasteiger partial charge is 0.0707 e. The fraction of sp³-hybridized carbons (Fsp3) is 1.00. The molecule has 0 aliphatic carbocycles. The van der Waals surface area contributed by atoms with Crippen LogP contribution in [0.25, 0.3) is 0 Å². The molecule has 0 rings (SSSR count). The summed E-state index contributed by atoms with van der Waals surface area (Å²) in [7, 11) is 0. The fourth-order valence-corrected chi connectivity index (χ4v) is 2.46. The number of hydrogen-bond acceptors (Lipinski definition) is 3. The standard InChI is InChI=1S/C17H36O3/c1-4-6-8-10-12-17(3,11-9-7-5-2)20-16-15-19-14-13-18/h18H,4-16H2,1-3H3. The lowest BCUT2D eigenvalue weighted by molar-refractivity contribution is -0.0704. The predicted molar refractivity (Wildman–Crippen MR) is 85.2 cm³/mol. The highest BCUT2D eigenvalue weighted by molar-refractivity contribution is 4.75. The van der Waals surface area contributed by atoms with E-state index in [2.05, 4.69) is 20.8 Å². The lowest BCUT2D eigenvalue weighted by atomic mass is 9.91. The van der Waals surface area contributed by atoms with Gasteiger partial charge in [-0.15, -0.1) is 0 Å². The Hall–Kier alpha value is -0.120. The van der Waals surface area contributed by atoms with Crippen LogP contribution in [0, 0.1) is 0 Å². The third kappa shape index (κ3) is 11.7. The third-order valence-corrected chi connectivity index (χ3v) is 3.78. The highest BCUT2D eigenvalue weighted by Gasteiger charge is 2.23. The van der Waals surface area contributed by atoms with Gasteiger partial charge in [-0.25, -0.2) is 0 Å². The van der Waals surface area contributed by atoms with E-state index in [1.54, 1.807) is 0 Å². The molecule has 0 heterocycles. The molecular weight excluding hydrogens is 252 g/mol. The van der Waals surface area contributed by atoms with Crippen molar-refractivity contribution in [2.75, 3.05) is 26.4 Å². The Morgan fingerprint density at radius 3 is 2.00 bits per heavy atom. The van der Waals surface area contributed by atoms with Crippen LogP contribution in [0.5, 0.6) is 0 Å². The summed E-state index contributed by atoms with van der Waals surface area (Å²) in [4.78, 5) is 0. The largest absolute Gasteiger partial charge is 0.394 e. The van der Waals surface area contributed by atoms with E-state index >= 15 is 0 Å². The van der Waals surface area contributed by atoms with E-state index in [1.165, 1.54) is 44.9 Å². The summed E-state index contributed by atoms with van der Waals surface area (Å²) in [6.07, 6.45) is 11.3. The van der Waals surface area contributed by atoms with Crippen molar-refractivity contribution >= 4 is 0 Å². The van der Waals surface area contributed by atoms with Gasteiger partial charge in [0.2, 0.25) is 0 Å². The topological polar surface area (TPSA) is 38.7 Å². The van der Waals surface area contributed by atoms with Gasteiger partial charge in [-0.3, -0.25) is 0 Å². The van der Waals surface area contributed by atoms with Crippen LogP contribution in [0.2, 0.25) is 0 Å². The molecule has 0 radical (unpaired) electrons. The van der Waals surface area contributed by atoms with Crippen molar-refractivity contribution in [2.24, 2.45) is 0 Å². The molecule has 20 heavy (non-hydrogen) atoms. The summed E-state index contributed by atoms with van der Waals surface area (Å²) in [5.74, 6) is 0. The first-order valence-electron chi connectivity index (χ1n) is 8.51. The zero-order valence-corrected chi connectivity index (χ0v) is 14.0. The van der Waals surface area contributed by atoms with Gasteiger partial charge in [0.1, 0.15) is 0 Å². The van der Waals surface area contributed by atoms with Crippen molar-refractivity contribution in [2.45, 2.75) is 84.2 Å². The van der Waals surface area contributed by atoms with Gasteiger partial charge in [0.05, 0.1) is 32.0 Å². The Kier molecular flexibility index (Phi) is 13.8. The van der Waals surface area contributed by atoms with Crippen molar-refractivity contribution in [3.05, 3.63) is 0 Å². The highest BCUT2D eigenvalue weighted by Crippen LogP contribution is 2.26. The van der Waals surface area contributed by atoms with Gasteiger partial charge in [-0.2, -0.15) is 0 Å². The van der Waals surface area contributed by atoms with E-state index in [0.717, 1.165) is 12.8 Å². The number of unbranched alkanes of at least 4 members (excludes halogenated alkanes) is 5. The molecule has 0 fully saturated rings. The van der Waals surface area contributed by atoms with Gasteiger partial charge < -0.3 is 14.6 Å². The Morgan fingerprint density at radius 2 is 1.40 bits per heavy atom. The summed E-state index contributed by atoms with van der Waals surface area (Å²) in [5.41, 5.74) is 0.00544. The molecule has 0 aromatic heterocycles. The van der Waals surface area contributed by atoms with E-state index in [-0.39, 0.29) is 12.2 Å². The van der Waals surface area contributed by atoms with Crippen LogP contribution in [0.1, 0.15) is 78.6 Å². The average Bonchev–Trinajstić information content (AvgIpc) is 2.44. The van der Waals surface area contributed by atoms with Crippen LogP contribution >= 0.6 is 0 Å². The number of ether oxygens (including phenoxy) is 2. The van der Waals surface area contributed by atoms with Crippen LogP contribution in [-0.2, 0) is 9.47 Å². The van der Waals surface area contributed by atoms with Crippen LogP contribution in [-0.4, -0.2) is 37.1 Å². The molecular formula is C17H36O3. The van der Waals surface area contributed by atoms with E-state index in [9.17, 15) is 0 Å². The Bertz CT molecular complexity index is 197. The molecule has 0 aliphatic heterocycles. The van der Waals surface area contributed by atoms with Crippen LogP contribution in [0.4, 0.5) is 0 Å². The minimum atomic E-state index is 0.00544. The lowest BCUT2D eigenvalue weighted by Gasteiger charge is -2.30. The van der Waals surface area contributed by atoms with Crippen molar-refractivity contribution in [3.63, 3.8) is 0 Å². The second-order valence-electron chi connectivity index (χ2n) is 5.90. The summed E-state index contributed by atoms with van der Waals surface area (Å²) < 4.78 is 11.4. The minimum absolute atomic E-state index is 0.00544. The second-order valence-corrected chi connectivity index (χ2v) is 5.90. The molecule has 0 bridgehead atoms. The van der Waals surface area contributed by atoms with Gasteiger partial charge >= 0.3 is 0 Å². The molecule has 3 heteroatoms. The maximum Gasteiger partial charge on any atom is 0.0707 e. The summed E-state index contributed by atoms with van der Waals surface area (Å²) >= 11 is 0. The van der Waals surface area contributed by atoms with Crippen molar-refractivity contribution in [1.82, 2.24) is 0 Å². The number of hydrogen-bond donors (Lipinski definition) is 1. The second kappa shape index (κ2) is 13.8. The van der Waals surface area contributed by atoms with E-state index in [0.29, 0.717) is 19.8 Å². The Balaban J connectivity index is 3.95.